The molecule has 0 aliphatic rings. The largest absolute Gasteiger partial charge is 0.330 e. The molecule has 4 heteroatoms. The van der Waals surface area contributed by atoms with Crippen LogP contribution >= 0.6 is 8.60 Å². The minimum atomic E-state index is -2.07. The molecule has 2 aromatic rings. The number of unbranched alkanes of at least 4 members (excludes halogenated alkanes) is 15. The number of hydrogen-bond donors (Lipinski definition) is 1. The predicted molar refractivity (Wildman–Crippen MR) is 225 cm³/mol. The van der Waals surface area contributed by atoms with Gasteiger partial charge in [-0.1, -0.05) is 223 Å². The summed E-state index contributed by atoms with van der Waals surface area (Å²) in [5.41, 5.74) is 7.16. The van der Waals surface area contributed by atoms with E-state index in [0.717, 1.165) is 24.0 Å². The Morgan fingerprint density at radius 1 is 0.490 bits per heavy atom. The molecule has 51 heavy (non-hydrogen) atoms. The summed E-state index contributed by atoms with van der Waals surface area (Å²) in [6.07, 6.45) is 21.0. The molecule has 0 amide bonds. The summed E-state index contributed by atoms with van der Waals surface area (Å²) in [5, 5.41) is 0. The van der Waals surface area contributed by atoms with Crippen molar-refractivity contribution in [2.75, 3.05) is 6.61 Å². The maximum Gasteiger partial charge on any atom is 0.330 e. The fourth-order valence-corrected chi connectivity index (χ4v) is 7.75. The first-order chi connectivity index (χ1) is 23.8. The van der Waals surface area contributed by atoms with Gasteiger partial charge in [-0.2, -0.15) is 0 Å². The lowest BCUT2D eigenvalue weighted by molar-refractivity contribution is 0.162. The first-order valence-electron chi connectivity index (χ1n) is 20.9. The van der Waals surface area contributed by atoms with Crippen LogP contribution in [0.2, 0.25) is 0 Å². The fourth-order valence-electron chi connectivity index (χ4n) is 7.00. The van der Waals surface area contributed by atoms with Crippen LogP contribution in [0.15, 0.2) is 36.4 Å². The third-order valence-electron chi connectivity index (χ3n) is 10.4. The topological polar surface area (TPSA) is 38.7 Å². The van der Waals surface area contributed by atoms with Crippen molar-refractivity contribution in [1.82, 2.24) is 0 Å². The Kier molecular flexibility index (Phi) is 19.4. The van der Waals surface area contributed by atoms with Crippen molar-refractivity contribution in [3.8, 4) is 0 Å². The van der Waals surface area contributed by atoms with Crippen LogP contribution in [0.4, 0.5) is 0 Å². The Morgan fingerprint density at radius 2 is 0.824 bits per heavy atom. The van der Waals surface area contributed by atoms with E-state index < -0.39 is 14.7 Å². The maximum atomic E-state index is 11.3. The highest BCUT2D eigenvalue weighted by molar-refractivity contribution is 7.40. The average molecular weight is 725 g/mol. The van der Waals surface area contributed by atoms with Crippen LogP contribution in [0.25, 0.3) is 0 Å². The van der Waals surface area contributed by atoms with Gasteiger partial charge >= 0.3 is 8.60 Å². The van der Waals surface area contributed by atoms with Crippen molar-refractivity contribution >= 4 is 8.60 Å². The van der Waals surface area contributed by atoms with Crippen LogP contribution in [0.3, 0.4) is 0 Å². The Hall–Kier alpha value is -1.25. The third kappa shape index (κ3) is 16.8. The second-order valence-electron chi connectivity index (χ2n) is 19.5. The molecule has 0 aromatic heterocycles. The normalized spacial score (nSPS) is 13.7. The van der Waals surface area contributed by atoms with Gasteiger partial charge in [0.25, 0.3) is 0 Å². The molecule has 0 aliphatic heterocycles. The molecule has 0 heterocycles. The Bertz CT molecular complexity index is 1180. The van der Waals surface area contributed by atoms with E-state index in [0.29, 0.717) is 6.61 Å². The zero-order chi connectivity index (χ0) is 38.3. The fraction of sp³-hybridized carbons (Fsp3) is 0.745. The van der Waals surface area contributed by atoms with Crippen molar-refractivity contribution in [2.45, 2.75) is 221 Å². The highest BCUT2D eigenvalue weighted by Gasteiger charge is 2.33. The van der Waals surface area contributed by atoms with Gasteiger partial charge in [-0.3, -0.25) is 4.52 Å². The van der Waals surface area contributed by atoms with E-state index in [2.05, 4.69) is 126 Å². The first-order valence-corrected chi connectivity index (χ1v) is 22.0. The van der Waals surface area contributed by atoms with Crippen LogP contribution in [0.1, 0.15) is 232 Å². The van der Waals surface area contributed by atoms with Crippen LogP contribution < -0.4 is 0 Å². The molecule has 1 atom stereocenters. The van der Waals surface area contributed by atoms with Gasteiger partial charge < -0.3 is 9.42 Å². The molecule has 292 valence electrons. The summed E-state index contributed by atoms with van der Waals surface area (Å²) in [5.74, 6) is 0. The molecule has 1 unspecified atom stereocenters. The van der Waals surface area contributed by atoms with Crippen molar-refractivity contribution in [3.05, 3.63) is 69.8 Å². The molecular formula is C47H81O3P. The molecule has 0 bridgehead atoms. The van der Waals surface area contributed by atoms with Crippen LogP contribution in [0, 0.1) is 0 Å². The number of rotatable bonds is 22. The van der Waals surface area contributed by atoms with Gasteiger partial charge in [0, 0.05) is 0 Å². The Balaban J connectivity index is 2.06. The lowest BCUT2D eigenvalue weighted by Crippen LogP contribution is -2.23. The minimum absolute atomic E-state index is 0.0272. The number of hydrogen-bond acceptors (Lipinski definition) is 3. The lowest BCUT2D eigenvalue weighted by atomic mass is 9.74. The highest BCUT2D eigenvalue weighted by atomic mass is 31.2. The van der Waals surface area contributed by atoms with Gasteiger partial charge in [0.15, 0.2) is 0 Å². The van der Waals surface area contributed by atoms with E-state index in [1.807, 2.05) is 0 Å². The second-order valence-corrected chi connectivity index (χ2v) is 20.4. The van der Waals surface area contributed by atoms with E-state index in [9.17, 15) is 4.89 Å². The van der Waals surface area contributed by atoms with E-state index in [1.165, 1.54) is 112 Å². The Morgan fingerprint density at radius 3 is 1.14 bits per heavy atom. The van der Waals surface area contributed by atoms with Gasteiger partial charge in [-0.25, -0.2) is 0 Å². The summed E-state index contributed by atoms with van der Waals surface area (Å²) in [6, 6.07) is 13.7. The van der Waals surface area contributed by atoms with Crippen molar-refractivity contribution in [2.24, 2.45) is 0 Å². The van der Waals surface area contributed by atoms with E-state index >= 15 is 0 Å². The van der Waals surface area contributed by atoms with Gasteiger partial charge in [0.2, 0.25) is 0 Å². The standard InChI is InChI=1S/C47H81O3P/c1-14-15-16-17-18-19-20-21-22-23-24-25-26-27-28-29-34-49-51(48)50-43(39-32-30-37(44(2,3)4)35-41(39)46(8,9)10)40-33-31-38(45(5,6)7)36-42(40)47(11,12)13/h30-33,35-36,43,48H,14-29,34H2,1-13H3. The van der Waals surface area contributed by atoms with Crippen molar-refractivity contribution < 1.29 is 13.9 Å². The Labute approximate surface area is 318 Å². The molecule has 0 radical (unpaired) electrons. The van der Waals surface area contributed by atoms with Gasteiger partial charge in [0.05, 0.1) is 6.61 Å². The van der Waals surface area contributed by atoms with Crippen molar-refractivity contribution in [1.29, 1.82) is 0 Å². The zero-order valence-corrected chi connectivity index (χ0v) is 36.7. The van der Waals surface area contributed by atoms with Gasteiger partial charge in [-0.05, 0) is 61.5 Å². The lowest BCUT2D eigenvalue weighted by Gasteiger charge is -2.34. The molecule has 1 N–H and O–H groups in total. The molecule has 0 saturated carbocycles. The van der Waals surface area contributed by atoms with Crippen LogP contribution in [0.5, 0.6) is 0 Å². The average Bonchev–Trinajstić information content (AvgIpc) is 3.03. The first kappa shape index (κ1) is 45.9. The van der Waals surface area contributed by atoms with Crippen LogP contribution in [-0.2, 0) is 30.7 Å². The second kappa shape index (κ2) is 21.6. The predicted octanol–water partition coefficient (Wildman–Crippen LogP) is 15.5. The quantitative estimate of drug-likeness (QED) is 0.0970. The monoisotopic (exact) mass is 725 g/mol. The van der Waals surface area contributed by atoms with Crippen molar-refractivity contribution in [3.63, 3.8) is 0 Å². The van der Waals surface area contributed by atoms with Crippen LogP contribution in [-0.4, -0.2) is 11.5 Å². The summed E-state index contributed by atoms with van der Waals surface area (Å²) in [6.45, 7) is 30.1. The highest BCUT2D eigenvalue weighted by Crippen LogP contribution is 2.48. The molecule has 0 spiro atoms. The molecule has 0 aliphatic carbocycles. The minimum Gasteiger partial charge on any atom is -0.328 e. The van der Waals surface area contributed by atoms with E-state index in [-0.39, 0.29) is 21.7 Å². The molecule has 3 nitrogen and oxygen atoms in total. The van der Waals surface area contributed by atoms with E-state index in [1.54, 1.807) is 0 Å². The summed E-state index contributed by atoms with van der Waals surface area (Å²) < 4.78 is 12.7. The smallest absolute Gasteiger partial charge is 0.328 e. The summed E-state index contributed by atoms with van der Waals surface area (Å²) in [7, 11) is -2.07. The van der Waals surface area contributed by atoms with Gasteiger partial charge in [-0.15, -0.1) is 0 Å². The summed E-state index contributed by atoms with van der Waals surface area (Å²) in [4.78, 5) is 11.3. The molecule has 0 fully saturated rings. The van der Waals surface area contributed by atoms with E-state index in [4.69, 9.17) is 9.05 Å². The molecule has 2 aromatic carbocycles. The third-order valence-corrected chi connectivity index (χ3v) is 11.2. The molecular weight excluding hydrogens is 643 g/mol. The molecule has 2 rings (SSSR count). The van der Waals surface area contributed by atoms with Gasteiger partial charge in [0.1, 0.15) is 6.10 Å². The zero-order valence-electron chi connectivity index (χ0n) is 35.8. The maximum absolute atomic E-state index is 11.3. The summed E-state index contributed by atoms with van der Waals surface area (Å²) >= 11 is 0. The SMILES string of the molecule is CCCCCCCCCCCCCCCCCCOP(O)OC(c1ccc(C(C)(C)C)cc1C(C)(C)C)c1ccc(C(C)(C)C)cc1C(C)(C)C. The molecule has 0 saturated heterocycles. The number of benzene rings is 2.